The predicted octanol–water partition coefficient (Wildman–Crippen LogP) is 2.33. The van der Waals surface area contributed by atoms with Gasteiger partial charge in [0, 0.05) is 6.04 Å². The molecule has 5 heteroatoms. The zero-order chi connectivity index (χ0) is 15.2. The van der Waals surface area contributed by atoms with Crippen molar-refractivity contribution in [3.05, 3.63) is 24.3 Å². The van der Waals surface area contributed by atoms with Crippen LogP contribution in [0.2, 0.25) is 0 Å². The van der Waals surface area contributed by atoms with Gasteiger partial charge in [-0.15, -0.1) is 0 Å². The lowest BCUT2D eigenvalue weighted by Crippen LogP contribution is -2.45. The van der Waals surface area contributed by atoms with Crippen LogP contribution >= 0.6 is 0 Å². The van der Waals surface area contributed by atoms with E-state index in [1.165, 1.54) is 13.5 Å². The first kappa shape index (κ1) is 15.4. The third-order valence-electron chi connectivity index (χ3n) is 3.99. The number of rotatable bonds is 3. The molecule has 1 aromatic carbocycles. The van der Waals surface area contributed by atoms with E-state index in [2.05, 4.69) is 17.6 Å². The van der Waals surface area contributed by atoms with E-state index in [9.17, 15) is 9.59 Å². The highest BCUT2D eigenvalue weighted by Crippen LogP contribution is 2.24. The highest BCUT2D eigenvalue weighted by Gasteiger charge is 2.25. The first-order valence-electron chi connectivity index (χ1n) is 7.36. The minimum Gasteiger partial charge on any atom is -0.495 e. The third-order valence-corrected chi connectivity index (χ3v) is 3.99. The van der Waals surface area contributed by atoms with Gasteiger partial charge in [0.15, 0.2) is 0 Å². The van der Waals surface area contributed by atoms with Crippen molar-refractivity contribution in [2.24, 2.45) is 5.92 Å². The highest BCUT2D eigenvalue weighted by molar-refractivity contribution is 6.39. The number of nitrogens with one attached hydrogen (secondary N) is 2. The molecule has 1 saturated carbocycles. The second kappa shape index (κ2) is 7.11. The first-order chi connectivity index (χ1) is 10.1. The van der Waals surface area contributed by atoms with Crippen molar-refractivity contribution in [2.45, 2.75) is 38.6 Å². The van der Waals surface area contributed by atoms with Crippen LogP contribution < -0.4 is 15.4 Å². The van der Waals surface area contributed by atoms with Gasteiger partial charge in [-0.05, 0) is 30.9 Å². The quantitative estimate of drug-likeness (QED) is 0.840. The van der Waals surface area contributed by atoms with Crippen molar-refractivity contribution in [3.8, 4) is 5.75 Å². The summed E-state index contributed by atoms with van der Waals surface area (Å²) in [5.41, 5.74) is 0.497. The number of carbonyl (C=O) groups excluding carboxylic acids is 2. The Hall–Kier alpha value is -2.04. The number of hydrogen-bond donors (Lipinski definition) is 2. The van der Waals surface area contributed by atoms with Crippen LogP contribution in [0.25, 0.3) is 0 Å². The van der Waals surface area contributed by atoms with E-state index in [1.807, 2.05) is 0 Å². The summed E-state index contributed by atoms with van der Waals surface area (Å²) in [6.45, 7) is 2.11. The summed E-state index contributed by atoms with van der Waals surface area (Å²) < 4.78 is 5.15. The lowest BCUT2D eigenvalue weighted by Gasteiger charge is -2.29. The summed E-state index contributed by atoms with van der Waals surface area (Å²) in [4.78, 5) is 24.0. The molecule has 0 unspecified atom stereocenters. The zero-order valence-corrected chi connectivity index (χ0v) is 12.5. The van der Waals surface area contributed by atoms with Crippen molar-refractivity contribution in [1.82, 2.24) is 5.32 Å². The van der Waals surface area contributed by atoms with Crippen molar-refractivity contribution < 1.29 is 14.3 Å². The van der Waals surface area contributed by atoms with E-state index in [1.54, 1.807) is 24.3 Å². The van der Waals surface area contributed by atoms with E-state index in [-0.39, 0.29) is 6.04 Å². The van der Waals surface area contributed by atoms with Gasteiger partial charge < -0.3 is 15.4 Å². The van der Waals surface area contributed by atoms with Crippen LogP contribution in [0.4, 0.5) is 5.69 Å². The van der Waals surface area contributed by atoms with Crippen LogP contribution in [0.15, 0.2) is 24.3 Å². The van der Waals surface area contributed by atoms with Crippen molar-refractivity contribution in [3.63, 3.8) is 0 Å². The van der Waals surface area contributed by atoms with Gasteiger partial charge in [0.1, 0.15) is 5.75 Å². The molecule has 2 amide bonds. The van der Waals surface area contributed by atoms with Gasteiger partial charge in [-0.2, -0.15) is 0 Å². The predicted molar refractivity (Wildman–Crippen MR) is 81.2 cm³/mol. The minimum atomic E-state index is -0.655. The molecule has 0 radical (unpaired) electrons. The van der Waals surface area contributed by atoms with Crippen molar-refractivity contribution in [1.29, 1.82) is 0 Å². The summed E-state index contributed by atoms with van der Waals surface area (Å²) >= 11 is 0. The molecule has 1 aliphatic rings. The fourth-order valence-corrected chi connectivity index (χ4v) is 2.69. The molecule has 1 fully saturated rings. The molecule has 5 nitrogen and oxygen atoms in total. The molecule has 0 spiro atoms. The second-order valence-corrected chi connectivity index (χ2v) is 5.50. The minimum absolute atomic E-state index is 0.0923. The highest BCUT2D eigenvalue weighted by atomic mass is 16.5. The Morgan fingerprint density at radius 2 is 1.86 bits per heavy atom. The topological polar surface area (TPSA) is 67.4 Å². The largest absolute Gasteiger partial charge is 0.495 e. The molecule has 0 bridgehead atoms. The number of para-hydroxylation sites is 2. The van der Waals surface area contributed by atoms with Crippen LogP contribution in [0.3, 0.4) is 0 Å². The summed E-state index contributed by atoms with van der Waals surface area (Å²) in [5, 5.41) is 5.42. The van der Waals surface area contributed by atoms with E-state index in [0.717, 1.165) is 19.3 Å². The van der Waals surface area contributed by atoms with Gasteiger partial charge >= 0.3 is 11.8 Å². The molecule has 0 heterocycles. The number of carbonyl (C=O) groups is 2. The lowest BCUT2D eigenvalue weighted by atomic mass is 9.86. The number of ether oxygens (including phenoxy) is 1. The fourth-order valence-electron chi connectivity index (χ4n) is 2.69. The van der Waals surface area contributed by atoms with Gasteiger partial charge in [0.2, 0.25) is 0 Å². The molecule has 2 N–H and O–H groups in total. The van der Waals surface area contributed by atoms with Crippen LogP contribution in [0, 0.1) is 5.92 Å². The SMILES string of the molecule is COc1ccccc1NC(=O)C(=O)N[C@@H]1CCCC[C@@H]1C. The summed E-state index contributed by atoms with van der Waals surface area (Å²) in [7, 11) is 1.52. The van der Waals surface area contributed by atoms with E-state index >= 15 is 0 Å². The summed E-state index contributed by atoms with van der Waals surface area (Å²) in [5.74, 6) is -0.289. The monoisotopic (exact) mass is 290 g/mol. The lowest BCUT2D eigenvalue weighted by molar-refractivity contribution is -0.137. The second-order valence-electron chi connectivity index (χ2n) is 5.50. The number of benzene rings is 1. The molecule has 2 rings (SSSR count). The van der Waals surface area contributed by atoms with Crippen LogP contribution in [-0.4, -0.2) is 25.0 Å². The Labute approximate surface area is 125 Å². The van der Waals surface area contributed by atoms with Gasteiger partial charge in [0.25, 0.3) is 0 Å². The molecule has 1 aromatic rings. The molecule has 1 aliphatic carbocycles. The molecule has 0 aromatic heterocycles. The van der Waals surface area contributed by atoms with Crippen molar-refractivity contribution in [2.75, 3.05) is 12.4 Å². The van der Waals surface area contributed by atoms with Crippen LogP contribution in [0.1, 0.15) is 32.6 Å². The number of anilines is 1. The number of methoxy groups -OCH3 is 1. The number of hydrogen-bond acceptors (Lipinski definition) is 3. The smallest absolute Gasteiger partial charge is 0.313 e. The average Bonchev–Trinajstić information content (AvgIpc) is 2.50. The van der Waals surface area contributed by atoms with E-state index in [4.69, 9.17) is 4.74 Å². The standard InChI is InChI=1S/C16H22N2O3/c1-11-7-3-4-8-12(11)17-15(19)16(20)18-13-9-5-6-10-14(13)21-2/h5-6,9-12H,3-4,7-8H2,1-2H3,(H,17,19)(H,18,20)/t11-,12+/m0/s1. The first-order valence-corrected chi connectivity index (χ1v) is 7.36. The Balaban J connectivity index is 1.94. The maximum absolute atomic E-state index is 12.0. The van der Waals surface area contributed by atoms with Crippen LogP contribution in [0.5, 0.6) is 5.75 Å². The zero-order valence-electron chi connectivity index (χ0n) is 12.5. The van der Waals surface area contributed by atoms with Gasteiger partial charge in [-0.1, -0.05) is 31.9 Å². The maximum Gasteiger partial charge on any atom is 0.313 e. The van der Waals surface area contributed by atoms with Crippen LogP contribution in [-0.2, 0) is 9.59 Å². The summed E-state index contributed by atoms with van der Waals surface area (Å²) in [6, 6.07) is 7.11. The fraction of sp³-hybridized carbons (Fsp3) is 0.500. The molecule has 0 saturated heterocycles. The molecular weight excluding hydrogens is 268 g/mol. The maximum atomic E-state index is 12.0. The Kier molecular flexibility index (Phi) is 5.20. The van der Waals surface area contributed by atoms with E-state index in [0.29, 0.717) is 17.4 Å². The summed E-state index contributed by atoms with van der Waals surface area (Å²) in [6.07, 6.45) is 4.33. The Morgan fingerprint density at radius 1 is 1.14 bits per heavy atom. The van der Waals surface area contributed by atoms with Gasteiger partial charge in [0.05, 0.1) is 12.8 Å². The number of amides is 2. The molecular formula is C16H22N2O3. The normalized spacial score (nSPS) is 21.4. The third kappa shape index (κ3) is 3.97. The van der Waals surface area contributed by atoms with E-state index < -0.39 is 11.8 Å². The average molecular weight is 290 g/mol. The Bertz CT molecular complexity index is 516. The molecule has 0 aliphatic heterocycles. The molecule has 2 atom stereocenters. The van der Waals surface area contributed by atoms with Gasteiger partial charge in [-0.3, -0.25) is 9.59 Å². The molecule has 114 valence electrons. The Morgan fingerprint density at radius 3 is 2.57 bits per heavy atom. The van der Waals surface area contributed by atoms with Gasteiger partial charge in [-0.25, -0.2) is 0 Å². The molecule has 21 heavy (non-hydrogen) atoms. The van der Waals surface area contributed by atoms with Crippen molar-refractivity contribution >= 4 is 17.5 Å².